The van der Waals surface area contributed by atoms with Gasteiger partial charge in [-0.2, -0.15) is 27.2 Å². The lowest BCUT2D eigenvalue weighted by Crippen LogP contribution is -2.52. The van der Waals surface area contributed by atoms with Crippen LogP contribution in [0, 0.1) is 11.3 Å². The predicted molar refractivity (Wildman–Crippen MR) is 145 cm³/mol. The van der Waals surface area contributed by atoms with E-state index in [1.54, 1.807) is 24.3 Å². The molecule has 1 aromatic carbocycles. The van der Waals surface area contributed by atoms with Gasteiger partial charge in [0.05, 0.1) is 59.1 Å². The Balaban J connectivity index is 1.62. The number of halogens is 5. The maximum atomic E-state index is 14.2. The van der Waals surface area contributed by atoms with Crippen molar-refractivity contribution < 1.29 is 40.2 Å². The van der Waals surface area contributed by atoms with E-state index >= 15 is 0 Å². The molecule has 1 unspecified atom stereocenters. The summed E-state index contributed by atoms with van der Waals surface area (Å²) in [4.78, 5) is 10.0. The number of anilines is 2. The molecule has 1 aliphatic heterocycles. The Labute approximate surface area is 244 Å². The number of hydrogen-bond donors (Lipinski definition) is 1. The number of hydrogen-bond acceptors (Lipinski definition) is 9. The van der Waals surface area contributed by atoms with E-state index in [1.807, 2.05) is 0 Å². The van der Waals surface area contributed by atoms with Gasteiger partial charge in [0.1, 0.15) is 11.4 Å². The van der Waals surface area contributed by atoms with Crippen LogP contribution in [-0.2, 0) is 21.8 Å². The van der Waals surface area contributed by atoms with Gasteiger partial charge in [0, 0.05) is 12.7 Å². The van der Waals surface area contributed by atoms with E-state index in [0.717, 1.165) is 6.20 Å². The number of benzene rings is 1. The van der Waals surface area contributed by atoms with Crippen molar-refractivity contribution in [3.63, 3.8) is 0 Å². The molecule has 2 aliphatic rings. The molecule has 1 aliphatic carbocycles. The summed E-state index contributed by atoms with van der Waals surface area (Å²) in [5, 5.41) is 20.7. The SMILES string of the molecule is CCS(=O)(=O)c1cc(C2(C#N)CC2)cnc1-c1cc2c(cn1)N(CC(F)(F)C(F)(F)F)C(O)N2Cc1ccc(OC)cc1. The van der Waals surface area contributed by atoms with E-state index in [2.05, 4.69) is 16.0 Å². The summed E-state index contributed by atoms with van der Waals surface area (Å²) in [6.45, 7) is -0.568. The maximum Gasteiger partial charge on any atom is 0.455 e. The van der Waals surface area contributed by atoms with E-state index in [1.165, 1.54) is 37.3 Å². The zero-order valence-corrected chi connectivity index (χ0v) is 23.8. The highest BCUT2D eigenvalue weighted by Crippen LogP contribution is 2.49. The van der Waals surface area contributed by atoms with Crippen molar-refractivity contribution >= 4 is 21.2 Å². The van der Waals surface area contributed by atoms with E-state index in [4.69, 9.17) is 4.74 Å². The van der Waals surface area contributed by atoms with Crippen LogP contribution in [0.15, 0.2) is 53.7 Å². The van der Waals surface area contributed by atoms with Gasteiger partial charge in [-0.25, -0.2) is 8.42 Å². The Morgan fingerprint density at radius 3 is 2.30 bits per heavy atom. The molecule has 2 aromatic heterocycles. The first kappa shape index (κ1) is 30.4. The molecule has 228 valence electrons. The molecule has 1 N–H and O–H groups in total. The number of pyridine rings is 2. The molecule has 1 fully saturated rings. The Kier molecular flexibility index (Phi) is 7.50. The number of nitrogens with zero attached hydrogens (tertiary/aromatic N) is 5. The number of aromatic nitrogens is 2. The Hall–Kier alpha value is -4.03. The topological polar surface area (TPSA) is 120 Å². The van der Waals surface area contributed by atoms with Crippen LogP contribution in [0.1, 0.15) is 30.9 Å². The Morgan fingerprint density at radius 1 is 1.07 bits per heavy atom. The average Bonchev–Trinajstić information content (AvgIpc) is 3.75. The van der Waals surface area contributed by atoms with Crippen LogP contribution in [-0.4, -0.2) is 61.4 Å². The highest BCUT2D eigenvalue weighted by molar-refractivity contribution is 7.91. The molecule has 3 heterocycles. The smallest absolute Gasteiger partial charge is 0.455 e. The molecule has 0 saturated heterocycles. The van der Waals surface area contributed by atoms with Gasteiger partial charge in [0.25, 0.3) is 0 Å². The van der Waals surface area contributed by atoms with Crippen molar-refractivity contribution in [1.82, 2.24) is 9.97 Å². The third-order valence-electron chi connectivity index (χ3n) is 7.66. The molecule has 0 bridgehead atoms. The second-order valence-corrected chi connectivity index (χ2v) is 12.6. The first-order valence-electron chi connectivity index (χ1n) is 13.1. The van der Waals surface area contributed by atoms with Gasteiger partial charge in [0.2, 0.25) is 6.35 Å². The summed E-state index contributed by atoms with van der Waals surface area (Å²) in [5.74, 6) is -4.94. The molecule has 0 radical (unpaired) electrons. The summed E-state index contributed by atoms with van der Waals surface area (Å²) in [6, 6.07) is 11.4. The number of fused-ring (bicyclic) bond motifs is 1. The number of ether oxygens (including phenoxy) is 1. The predicted octanol–water partition coefficient (Wildman–Crippen LogP) is 4.80. The quantitative estimate of drug-likeness (QED) is 0.335. The fourth-order valence-corrected chi connectivity index (χ4v) is 5.95. The monoisotopic (exact) mass is 623 g/mol. The van der Waals surface area contributed by atoms with E-state index in [-0.39, 0.29) is 40.0 Å². The lowest BCUT2D eigenvalue weighted by molar-refractivity contribution is -0.277. The lowest BCUT2D eigenvalue weighted by atomic mass is 9.99. The number of sulfone groups is 1. The number of methoxy groups -OCH3 is 1. The third-order valence-corrected chi connectivity index (χ3v) is 9.40. The molecular weight excluding hydrogens is 597 g/mol. The van der Waals surface area contributed by atoms with Crippen LogP contribution in [0.25, 0.3) is 11.4 Å². The molecule has 5 rings (SSSR count). The van der Waals surface area contributed by atoms with Crippen LogP contribution in [0.5, 0.6) is 5.75 Å². The number of aliphatic hydroxyl groups excluding tert-OH is 1. The number of nitriles is 1. The fraction of sp³-hybridized carbons (Fsp3) is 0.393. The molecule has 43 heavy (non-hydrogen) atoms. The molecule has 1 atom stereocenters. The number of alkyl halides is 5. The van der Waals surface area contributed by atoms with Gasteiger partial charge in [-0.15, -0.1) is 0 Å². The second kappa shape index (κ2) is 10.6. The minimum Gasteiger partial charge on any atom is -0.497 e. The lowest BCUT2D eigenvalue weighted by Gasteiger charge is -2.31. The van der Waals surface area contributed by atoms with Gasteiger partial charge >= 0.3 is 12.1 Å². The summed E-state index contributed by atoms with van der Waals surface area (Å²) in [5.41, 5.74) is -0.117. The Morgan fingerprint density at radius 2 is 1.74 bits per heavy atom. The largest absolute Gasteiger partial charge is 0.497 e. The highest BCUT2D eigenvalue weighted by Gasteiger charge is 2.59. The number of aliphatic hydroxyl groups is 1. The van der Waals surface area contributed by atoms with Gasteiger partial charge in [0.15, 0.2) is 9.84 Å². The molecular formula is C28H26F5N5O4S. The van der Waals surface area contributed by atoms with Crippen LogP contribution >= 0.6 is 0 Å². The first-order chi connectivity index (χ1) is 20.2. The summed E-state index contributed by atoms with van der Waals surface area (Å²) in [6.07, 6.45) is -4.34. The molecule has 15 heteroatoms. The van der Waals surface area contributed by atoms with Crippen molar-refractivity contribution in [2.75, 3.05) is 29.2 Å². The van der Waals surface area contributed by atoms with Gasteiger partial charge < -0.3 is 19.6 Å². The van der Waals surface area contributed by atoms with Crippen molar-refractivity contribution in [3.8, 4) is 23.2 Å². The van der Waals surface area contributed by atoms with Crippen LogP contribution in [0.2, 0.25) is 0 Å². The third kappa shape index (κ3) is 5.45. The average molecular weight is 624 g/mol. The van der Waals surface area contributed by atoms with Crippen molar-refractivity contribution in [2.24, 2.45) is 0 Å². The zero-order chi connectivity index (χ0) is 31.4. The molecule has 1 saturated carbocycles. The van der Waals surface area contributed by atoms with Gasteiger partial charge in [-0.1, -0.05) is 19.1 Å². The molecule has 0 amide bonds. The molecule has 9 nitrogen and oxygen atoms in total. The van der Waals surface area contributed by atoms with Crippen molar-refractivity contribution in [2.45, 2.75) is 55.1 Å². The summed E-state index contributed by atoms with van der Waals surface area (Å²) < 4.78 is 99.2. The van der Waals surface area contributed by atoms with Gasteiger partial charge in [-0.05, 0) is 48.2 Å². The van der Waals surface area contributed by atoms with Crippen LogP contribution < -0.4 is 14.5 Å². The first-order valence-corrected chi connectivity index (χ1v) is 14.8. The van der Waals surface area contributed by atoms with E-state index in [0.29, 0.717) is 34.6 Å². The van der Waals surface area contributed by atoms with E-state index in [9.17, 15) is 40.7 Å². The standard InChI is InChI=1S/C28H26F5N5O4S/c1-3-43(40,41)23-10-18(26(15-34)8-9-26)12-36-24(23)20-11-21-22(13-35-20)38(16-27(29,30)28(31,32)33)25(39)37(21)14-17-4-6-19(42-2)7-5-17/h4-7,10-13,25,39H,3,8-9,14,16H2,1-2H3. The van der Waals surface area contributed by atoms with Crippen LogP contribution in [0.3, 0.4) is 0 Å². The molecule has 0 spiro atoms. The highest BCUT2D eigenvalue weighted by atomic mass is 32.2. The normalized spacial score (nSPS) is 17.9. The minimum atomic E-state index is -5.87. The van der Waals surface area contributed by atoms with Crippen molar-refractivity contribution in [1.29, 1.82) is 5.26 Å². The maximum absolute atomic E-state index is 14.2. The summed E-state index contributed by atoms with van der Waals surface area (Å²) >= 11 is 0. The Bertz CT molecular complexity index is 1690. The molecule has 3 aromatic rings. The summed E-state index contributed by atoms with van der Waals surface area (Å²) in [7, 11) is -2.45. The van der Waals surface area contributed by atoms with E-state index < -0.39 is 40.2 Å². The minimum absolute atomic E-state index is 0.0181. The van der Waals surface area contributed by atoms with Crippen LogP contribution in [0.4, 0.5) is 33.3 Å². The second-order valence-electron chi connectivity index (χ2n) is 10.4. The fourth-order valence-electron chi connectivity index (χ4n) is 4.88. The number of rotatable bonds is 9. The van der Waals surface area contributed by atoms with Crippen molar-refractivity contribution in [3.05, 3.63) is 59.9 Å². The van der Waals surface area contributed by atoms with Gasteiger partial charge in [-0.3, -0.25) is 9.97 Å². The zero-order valence-electron chi connectivity index (χ0n) is 22.9.